The first-order chi connectivity index (χ1) is 8.60. The van der Waals surface area contributed by atoms with Gasteiger partial charge in [0.2, 0.25) is 5.88 Å². The maximum Gasteiger partial charge on any atom is 0.328 e. The van der Waals surface area contributed by atoms with Crippen LogP contribution in [-0.2, 0) is 0 Å². The van der Waals surface area contributed by atoms with Gasteiger partial charge in [-0.1, -0.05) is 0 Å². The third kappa shape index (κ3) is 2.89. The lowest BCUT2D eigenvalue weighted by molar-refractivity contribution is 0.159. The zero-order chi connectivity index (χ0) is 14.4. The van der Waals surface area contributed by atoms with Crippen molar-refractivity contribution in [1.29, 1.82) is 0 Å². The van der Waals surface area contributed by atoms with Gasteiger partial charge in [-0.15, -0.1) is 0 Å². The molecular weight excluding hydrogens is 246 g/mol. The summed E-state index contributed by atoms with van der Waals surface area (Å²) in [5.41, 5.74) is -1.18. The van der Waals surface area contributed by atoms with Crippen molar-refractivity contribution >= 4 is 0 Å². The Kier molecular flexibility index (Phi) is 3.09. The highest BCUT2D eigenvalue weighted by atomic mass is 16.3. The Morgan fingerprint density at radius 1 is 1.05 bits per heavy atom. The lowest BCUT2D eigenvalue weighted by Crippen LogP contribution is -2.57. The standard InChI is InChI=1S/C13H21N3O3/c1-12(2)5-7(6-13(3,4)16-12)8-9(17)14-11(19)15-10(8)18/h7,16H,5-6H2,1-4H3,(H3,14,15,17,18,19). The Hall–Kier alpha value is -1.56. The second-order valence-corrected chi connectivity index (χ2v) is 6.67. The van der Waals surface area contributed by atoms with Crippen LogP contribution in [0, 0.1) is 0 Å². The van der Waals surface area contributed by atoms with Crippen molar-refractivity contribution in [2.45, 2.75) is 57.5 Å². The number of hydrogen-bond acceptors (Lipinski definition) is 4. The molecular formula is C13H21N3O3. The second kappa shape index (κ2) is 4.23. The molecule has 2 heterocycles. The Bertz CT molecular complexity index is 582. The summed E-state index contributed by atoms with van der Waals surface area (Å²) in [6.45, 7) is 8.27. The molecule has 19 heavy (non-hydrogen) atoms. The van der Waals surface area contributed by atoms with Crippen LogP contribution in [0.2, 0.25) is 0 Å². The van der Waals surface area contributed by atoms with E-state index in [9.17, 15) is 14.7 Å². The number of aromatic nitrogens is 2. The van der Waals surface area contributed by atoms with Gasteiger partial charge in [-0.05, 0) is 46.5 Å². The molecule has 0 amide bonds. The summed E-state index contributed by atoms with van der Waals surface area (Å²) in [6, 6.07) is 0. The average Bonchev–Trinajstić information content (AvgIpc) is 2.09. The largest absolute Gasteiger partial charge is 0.494 e. The molecule has 0 aromatic carbocycles. The molecule has 4 N–H and O–H groups in total. The van der Waals surface area contributed by atoms with Crippen LogP contribution in [-0.4, -0.2) is 26.2 Å². The molecule has 1 saturated heterocycles. The first-order valence-electron chi connectivity index (χ1n) is 6.44. The normalized spacial score (nSPS) is 22.3. The monoisotopic (exact) mass is 267 g/mol. The Labute approximate surface area is 111 Å². The molecule has 106 valence electrons. The predicted octanol–water partition coefficient (Wildman–Crippen LogP) is 0.793. The van der Waals surface area contributed by atoms with E-state index in [2.05, 4.69) is 43.0 Å². The van der Waals surface area contributed by atoms with Gasteiger partial charge in [-0.25, -0.2) is 4.79 Å². The van der Waals surface area contributed by atoms with Gasteiger partial charge in [0.25, 0.3) is 5.56 Å². The number of H-pyrrole nitrogens is 2. The number of hydrogen-bond donors (Lipinski definition) is 4. The van der Waals surface area contributed by atoms with Gasteiger partial charge in [-0.2, -0.15) is 0 Å². The van der Waals surface area contributed by atoms with Crippen LogP contribution in [0.3, 0.4) is 0 Å². The highest BCUT2D eigenvalue weighted by molar-refractivity contribution is 5.27. The third-order valence-corrected chi connectivity index (χ3v) is 3.56. The highest BCUT2D eigenvalue weighted by Crippen LogP contribution is 2.39. The minimum atomic E-state index is -0.682. The number of aromatic amines is 2. The van der Waals surface area contributed by atoms with Crippen LogP contribution in [0.5, 0.6) is 5.88 Å². The predicted molar refractivity (Wildman–Crippen MR) is 72.6 cm³/mol. The maximum absolute atomic E-state index is 11.9. The molecule has 0 spiro atoms. The Morgan fingerprint density at radius 3 is 2.05 bits per heavy atom. The third-order valence-electron chi connectivity index (χ3n) is 3.56. The van der Waals surface area contributed by atoms with Crippen molar-refractivity contribution in [3.05, 3.63) is 26.4 Å². The van der Waals surface area contributed by atoms with E-state index in [0.717, 1.165) is 12.8 Å². The summed E-state index contributed by atoms with van der Waals surface area (Å²) in [5.74, 6) is -0.404. The zero-order valence-electron chi connectivity index (χ0n) is 11.8. The summed E-state index contributed by atoms with van der Waals surface area (Å²) in [7, 11) is 0. The SMILES string of the molecule is CC1(C)CC(c2c(O)[nH]c(=O)[nH]c2=O)CC(C)(C)N1. The summed E-state index contributed by atoms with van der Waals surface area (Å²) in [5, 5.41) is 13.4. The van der Waals surface area contributed by atoms with E-state index in [1.807, 2.05) is 0 Å². The van der Waals surface area contributed by atoms with Gasteiger partial charge < -0.3 is 10.4 Å². The fourth-order valence-corrected chi connectivity index (χ4v) is 3.39. The topological polar surface area (TPSA) is 98.0 Å². The van der Waals surface area contributed by atoms with Crippen LogP contribution in [0.25, 0.3) is 0 Å². The second-order valence-electron chi connectivity index (χ2n) is 6.67. The van der Waals surface area contributed by atoms with E-state index in [0.29, 0.717) is 0 Å². The van der Waals surface area contributed by atoms with Crippen molar-refractivity contribution in [3.63, 3.8) is 0 Å². The van der Waals surface area contributed by atoms with Crippen molar-refractivity contribution < 1.29 is 5.11 Å². The molecule has 6 nitrogen and oxygen atoms in total. The molecule has 1 aromatic rings. The Balaban J connectivity index is 2.48. The quantitative estimate of drug-likeness (QED) is 0.604. The summed E-state index contributed by atoms with van der Waals surface area (Å²) >= 11 is 0. The van der Waals surface area contributed by atoms with E-state index in [1.54, 1.807) is 0 Å². The highest BCUT2D eigenvalue weighted by Gasteiger charge is 2.40. The molecule has 1 fully saturated rings. The lowest BCUT2D eigenvalue weighted by Gasteiger charge is -2.46. The number of rotatable bonds is 1. The van der Waals surface area contributed by atoms with E-state index >= 15 is 0 Å². The van der Waals surface area contributed by atoms with Crippen LogP contribution < -0.4 is 16.6 Å². The van der Waals surface area contributed by atoms with Gasteiger partial charge in [0.15, 0.2) is 0 Å². The first-order valence-corrected chi connectivity index (χ1v) is 6.44. The van der Waals surface area contributed by atoms with E-state index in [-0.39, 0.29) is 28.4 Å². The van der Waals surface area contributed by atoms with E-state index < -0.39 is 11.2 Å². The minimum Gasteiger partial charge on any atom is -0.494 e. The molecule has 1 aromatic heterocycles. The number of piperidine rings is 1. The van der Waals surface area contributed by atoms with Crippen LogP contribution >= 0.6 is 0 Å². The van der Waals surface area contributed by atoms with E-state index in [4.69, 9.17) is 0 Å². The molecule has 0 atom stereocenters. The zero-order valence-corrected chi connectivity index (χ0v) is 11.8. The fraction of sp³-hybridized carbons (Fsp3) is 0.692. The minimum absolute atomic E-state index is 0.0909. The summed E-state index contributed by atoms with van der Waals surface area (Å²) < 4.78 is 0. The van der Waals surface area contributed by atoms with Crippen LogP contribution in [0.15, 0.2) is 9.59 Å². The van der Waals surface area contributed by atoms with Crippen molar-refractivity contribution in [2.24, 2.45) is 0 Å². The molecule has 1 aliphatic heterocycles. The fourth-order valence-electron chi connectivity index (χ4n) is 3.39. The van der Waals surface area contributed by atoms with Gasteiger partial charge in [0, 0.05) is 11.1 Å². The van der Waals surface area contributed by atoms with Gasteiger partial charge in [-0.3, -0.25) is 14.8 Å². The van der Waals surface area contributed by atoms with Gasteiger partial charge in [0.05, 0.1) is 5.56 Å². The maximum atomic E-state index is 11.9. The molecule has 0 aliphatic carbocycles. The molecule has 2 rings (SSSR count). The van der Waals surface area contributed by atoms with Crippen molar-refractivity contribution in [3.8, 4) is 5.88 Å². The summed E-state index contributed by atoms with van der Waals surface area (Å²) in [6.07, 6.45) is 1.44. The number of aromatic hydroxyl groups is 1. The molecule has 0 saturated carbocycles. The molecule has 0 bridgehead atoms. The van der Waals surface area contributed by atoms with Crippen LogP contribution in [0.1, 0.15) is 52.0 Å². The Morgan fingerprint density at radius 2 is 1.58 bits per heavy atom. The van der Waals surface area contributed by atoms with Crippen molar-refractivity contribution in [2.75, 3.05) is 0 Å². The average molecular weight is 267 g/mol. The summed E-state index contributed by atoms with van der Waals surface area (Å²) in [4.78, 5) is 27.5. The first kappa shape index (κ1) is 13.9. The van der Waals surface area contributed by atoms with Crippen molar-refractivity contribution in [1.82, 2.24) is 15.3 Å². The van der Waals surface area contributed by atoms with Crippen LogP contribution in [0.4, 0.5) is 0 Å². The van der Waals surface area contributed by atoms with Gasteiger partial charge in [0.1, 0.15) is 0 Å². The lowest BCUT2D eigenvalue weighted by atomic mass is 9.73. The molecule has 1 aliphatic rings. The smallest absolute Gasteiger partial charge is 0.328 e. The van der Waals surface area contributed by atoms with E-state index in [1.165, 1.54) is 0 Å². The van der Waals surface area contributed by atoms with Gasteiger partial charge >= 0.3 is 5.69 Å². The molecule has 0 radical (unpaired) electrons. The molecule has 6 heteroatoms. The molecule has 0 unspecified atom stereocenters. The number of nitrogens with one attached hydrogen (secondary N) is 3.